The maximum Gasteiger partial charge on any atom is 0.260 e. The number of nitrogens with zero attached hydrogens (tertiary/aromatic N) is 1. The summed E-state index contributed by atoms with van der Waals surface area (Å²) in [7, 11) is 0. The molecule has 3 rings (SSSR count). The first-order valence-electron chi connectivity index (χ1n) is 7.07. The number of aromatic amines is 1. The normalized spacial score (nSPS) is 12.7. The first kappa shape index (κ1) is 16.8. The summed E-state index contributed by atoms with van der Waals surface area (Å²) in [5, 5.41) is 1.17. The summed E-state index contributed by atoms with van der Waals surface area (Å²) in [5.74, 6) is 0.480. The molecule has 7 heteroatoms. The van der Waals surface area contributed by atoms with Crippen molar-refractivity contribution in [3.63, 3.8) is 0 Å². The minimum atomic E-state index is -0.354. The average molecular weight is 388 g/mol. The predicted octanol–water partition coefficient (Wildman–Crippen LogP) is 5.82. The molecule has 1 unspecified atom stereocenters. The molecule has 3 nitrogen and oxygen atoms in total. The highest BCUT2D eigenvalue weighted by Gasteiger charge is 2.19. The number of nitrogens with one attached hydrogen (secondary N) is 1. The molecule has 2 aromatic heterocycles. The van der Waals surface area contributed by atoms with Gasteiger partial charge in [0.2, 0.25) is 0 Å². The van der Waals surface area contributed by atoms with Crippen molar-refractivity contribution in [2.24, 2.45) is 0 Å². The van der Waals surface area contributed by atoms with Crippen LogP contribution in [0.4, 0.5) is 0 Å². The van der Waals surface area contributed by atoms with Crippen molar-refractivity contribution in [2.45, 2.75) is 25.6 Å². The lowest BCUT2D eigenvalue weighted by Gasteiger charge is -2.06. The third-order valence-electron chi connectivity index (χ3n) is 3.56. The number of fused-ring (bicyclic) bond motifs is 1. The second-order valence-corrected chi connectivity index (χ2v) is 7.68. The van der Waals surface area contributed by atoms with E-state index in [2.05, 4.69) is 9.97 Å². The lowest BCUT2D eigenvalue weighted by molar-refractivity contribution is 0.917. The van der Waals surface area contributed by atoms with Crippen LogP contribution in [-0.4, -0.2) is 9.97 Å². The van der Waals surface area contributed by atoms with Gasteiger partial charge in [-0.3, -0.25) is 4.79 Å². The van der Waals surface area contributed by atoms with Gasteiger partial charge in [-0.25, -0.2) is 4.98 Å². The molecule has 0 fully saturated rings. The molecule has 0 bridgehead atoms. The minimum Gasteiger partial charge on any atom is -0.309 e. The number of H-pyrrole nitrogens is 1. The van der Waals surface area contributed by atoms with E-state index in [1.807, 2.05) is 13.0 Å². The molecule has 3 aromatic rings. The molecular formula is C16H13Cl3N2OS. The van der Waals surface area contributed by atoms with Crippen LogP contribution in [0.1, 0.15) is 29.9 Å². The van der Waals surface area contributed by atoms with Gasteiger partial charge in [-0.05, 0) is 31.0 Å². The Kier molecular flexibility index (Phi) is 4.70. The molecule has 0 saturated carbocycles. The summed E-state index contributed by atoms with van der Waals surface area (Å²) in [6, 6.07) is 5.38. The zero-order chi connectivity index (χ0) is 16.7. The fourth-order valence-corrected chi connectivity index (χ4v) is 4.01. The van der Waals surface area contributed by atoms with Crippen LogP contribution in [-0.2, 0) is 6.42 Å². The third kappa shape index (κ3) is 3.01. The summed E-state index contributed by atoms with van der Waals surface area (Å²) in [4.78, 5) is 21.6. The minimum absolute atomic E-state index is 0.186. The van der Waals surface area contributed by atoms with Gasteiger partial charge in [0, 0.05) is 10.4 Å². The Bertz CT molecular complexity index is 946. The van der Waals surface area contributed by atoms with Crippen molar-refractivity contribution in [2.75, 3.05) is 0 Å². The molecule has 0 aliphatic rings. The van der Waals surface area contributed by atoms with Crippen LogP contribution >= 0.6 is 46.1 Å². The number of rotatable bonds is 3. The fourth-order valence-electron chi connectivity index (χ4n) is 2.46. The molecule has 1 atom stereocenters. The summed E-state index contributed by atoms with van der Waals surface area (Å²) in [6.07, 6.45) is 0.793. The Morgan fingerprint density at radius 2 is 2.04 bits per heavy atom. The van der Waals surface area contributed by atoms with E-state index < -0.39 is 0 Å². The van der Waals surface area contributed by atoms with Gasteiger partial charge in [-0.1, -0.05) is 36.2 Å². The Balaban J connectivity index is 2.35. The summed E-state index contributed by atoms with van der Waals surface area (Å²) in [5.41, 5.74) is 1.55. The molecular weight excluding hydrogens is 375 g/mol. The quantitative estimate of drug-likeness (QED) is 0.575. The monoisotopic (exact) mass is 386 g/mol. The lowest BCUT2D eigenvalue weighted by atomic mass is 10.0. The lowest BCUT2D eigenvalue weighted by Crippen LogP contribution is -2.11. The van der Waals surface area contributed by atoms with Crippen LogP contribution in [0.5, 0.6) is 0 Å². The van der Waals surface area contributed by atoms with Crippen molar-refractivity contribution in [1.29, 1.82) is 0 Å². The molecule has 0 aliphatic heterocycles. The fraction of sp³-hybridized carbons (Fsp3) is 0.250. The van der Waals surface area contributed by atoms with E-state index in [0.29, 0.717) is 26.1 Å². The second kappa shape index (κ2) is 6.44. The number of alkyl halides is 1. The largest absolute Gasteiger partial charge is 0.309 e. The molecule has 0 saturated heterocycles. The van der Waals surface area contributed by atoms with Gasteiger partial charge >= 0.3 is 0 Å². The van der Waals surface area contributed by atoms with Gasteiger partial charge in [-0.15, -0.1) is 22.9 Å². The van der Waals surface area contributed by atoms with E-state index in [1.165, 1.54) is 11.3 Å². The van der Waals surface area contributed by atoms with E-state index in [-0.39, 0.29) is 10.9 Å². The molecule has 23 heavy (non-hydrogen) atoms. The first-order valence-corrected chi connectivity index (χ1v) is 9.08. The molecule has 1 N–H and O–H groups in total. The van der Waals surface area contributed by atoms with Gasteiger partial charge in [0.15, 0.2) is 0 Å². The van der Waals surface area contributed by atoms with Gasteiger partial charge in [-0.2, -0.15) is 0 Å². The summed E-state index contributed by atoms with van der Waals surface area (Å²) < 4.78 is 0. The molecule has 1 aromatic carbocycles. The highest BCUT2D eigenvalue weighted by atomic mass is 35.5. The van der Waals surface area contributed by atoms with E-state index >= 15 is 0 Å². The van der Waals surface area contributed by atoms with Crippen LogP contribution in [0.15, 0.2) is 23.0 Å². The number of aromatic nitrogens is 2. The van der Waals surface area contributed by atoms with Gasteiger partial charge in [0.1, 0.15) is 10.7 Å². The van der Waals surface area contributed by atoms with Crippen molar-refractivity contribution in [1.82, 2.24) is 9.97 Å². The number of halogens is 3. The van der Waals surface area contributed by atoms with Gasteiger partial charge < -0.3 is 4.98 Å². The van der Waals surface area contributed by atoms with E-state index in [1.54, 1.807) is 19.1 Å². The Morgan fingerprint density at radius 1 is 1.30 bits per heavy atom. The first-order chi connectivity index (χ1) is 10.9. The maximum absolute atomic E-state index is 12.6. The van der Waals surface area contributed by atoms with Crippen LogP contribution in [0.2, 0.25) is 10.0 Å². The maximum atomic E-state index is 12.6. The number of thiophene rings is 1. The van der Waals surface area contributed by atoms with Crippen LogP contribution in [0.3, 0.4) is 0 Å². The number of aryl methyl sites for hydroxylation is 1. The zero-order valence-corrected chi connectivity index (χ0v) is 15.5. The summed E-state index contributed by atoms with van der Waals surface area (Å²) >= 11 is 19.7. The standard InChI is InChI=1S/C16H13Cl3N2OS/c1-3-11-12(8-4-5-9(18)10(19)6-8)13-15(22)20-14(7(2)17)21-16(13)23-11/h4-7H,3H2,1-2H3,(H,20,21,22). The van der Waals surface area contributed by atoms with Crippen LogP contribution in [0, 0.1) is 0 Å². The zero-order valence-electron chi connectivity index (χ0n) is 12.4. The highest BCUT2D eigenvalue weighted by Crippen LogP contribution is 2.39. The summed E-state index contributed by atoms with van der Waals surface area (Å²) in [6.45, 7) is 3.82. The van der Waals surface area contributed by atoms with Crippen molar-refractivity contribution >= 4 is 56.4 Å². The predicted molar refractivity (Wildman–Crippen MR) is 99.3 cm³/mol. The number of hydrogen-bond acceptors (Lipinski definition) is 3. The number of benzene rings is 1. The topological polar surface area (TPSA) is 45.8 Å². The van der Waals surface area contributed by atoms with Crippen LogP contribution < -0.4 is 5.56 Å². The Hall–Kier alpha value is -1.07. The Labute approximate surface area is 152 Å². The average Bonchev–Trinajstić information content (AvgIpc) is 2.89. The van der Waals surface area contributed by atoms with E-state index in [4.69, 9.17) is 34.8 Å². The van der Waals surface area contributed by atoms with Crippen LogP contribution in [0.25, 0.3) is 21.3 Å². The highest BCUT2D eigenvalue weighted by molar-refractivity contribution is 7.19. The molecule has 0 aliphatic carbocycles. The SMILES string of the molecule is CCc1sc2nc(C(C)Cl)[nH]c(=O)c2c1-c1ccc(Cl)c(Cl)c1. The smallest absolute Gasteiger partial charge is 0.260 e. The molecule has 0 amide bonds. The van der Waals surface area contributed by atoms with Crippen molar-refractivity contribution in [3.05, 3.63) is 49.3 Å². The molecule has 0 radical (unpaired) electrons. The number of hydrogen-bond donors (Lipinski definition) is 1. The van der Waals surface area contributed by atoms with Gasteiger partial charge in [0.25, 0.3) is 5.56 Å². The molecule has 120 valence electrons. The van der Waals surface area contributed by atoms with Crippen molar-refractivity contribution < 1.29 is 0 Å². The third-order valence-corrected chi connectivity index (χ3v) is 5.73. The van der Waals surface area contributed by atoms with E-state index in [9.17, 15) is 4.79 Å². The van der Waals surface area contributed by atoms with Crippen molar-refractivity contribution in [3.8, 4) is 11.1 Å². The second-order valence-electron chi connectivity index (χ2n) is 5.13. The van der Waals surface area contributed by atoms with Gasteiger partial charge in [0.05, 0.1) is 20.8 Å². The van der Waals surface area contributed by atoms with E-state index in [0.717, 1.165) is 22.4 Å². The molecule has 2 heterocycles. The molecule has 0 spiro atoms. The Morgan fingerprint density at radius 3 is 2.65 bits per heavy atom.